The minimum Gasteiger partial charge on any atom is -0.377 e. The molecule has 2 aliphatic rings. The minimum atomic E-state index is -0.0830. The smallest absolute Gasteiger partial charge is 0.0690 e. The molecule has 1 saturated carbocycles. The number of hydrogen-bond acceptors (Lipinski definition) is 3. The Morgan fingerprint density at radius 2 is 2.11 bits per heavy atom. The molecular formula is C16H32N2O. The van der Waals surface area contributed by atoms with Crippen LogP contribution in [0.3, 0.4) is 0 Å². The lowest BCUT2D eigenvalue weighted by molar-refractivity contribution is -0.231. The Balaban J connectivity index is 2.01. The van der Waals surface area contributed by atoms with E-state index in [4.69, 9.17) is 10.5 Å². The molecule has 0 aromatic heterocycles. The summed E-state index contributed by atoms with van der Waals surface area (Å²) in [5, 5.41) is 0. The van der Waals surface area contributed by atoms with Gasteiger partial charge in [0.25, 0.3) is 0 Å². The summed E-state index contributed by atoms with van der Waals surface area (Å²) < 4.78 is 5.97. The van der Waals surface area contributed by atoms with Crippen LogP contribution in [0.15, 0.2) is 0 Å². The lowest BCUT2D eigenvalue weighted by atomic mass is 9.46. The van der Waals surface area contributed by atoms with Crippen LogP contribution in [0.2, 0.25) is 0 Å². The van der Waals surface area contributed by atoms with Crippen LogP contribution in [0.1, 0.15) is 47.0 Å². The van der Waals surface area contributed by atoms with Crippen LogP contribution in [0.5, 0.6) is 0 Å². The maximum absolute atomic E-state index is 6.83. The standard InChI is InChI=1S/C16H32N2O/c1-6-12(2)10-18(5)11-16(17)13-8-7-9-19-14(13)15(16,3)4/h12-14H,6-11,17H2,1-5H3. The second-order valence-electron chi connectivity index (χ2n) is 7.51. The summed E-state index contributed by atoms with van der Waals surface area (Å²) in [5.41, 5.74) is 6.85. The molecule has 3 heteroatoms. The first-order chi connectivity index (χ1) is 8.83. The van der Waals surface area contributed by atoms with Crippen molar-refractivity contribution in [3.8, 4) is 0 Å². The molecule has 4 unspecified atom stereocenters. The Bertz CT molecular complexity index is 318. The van der Waals surface area contributed by atoms with Crippen LogP contribution >= 0.6 is 0 Å². The molecule has 112 valence electrons. The van der Waals surface area contributed by atoms with Crippen LogP contribution < -0.4 is 5.73 Å². The van der Waals surface area contributed by atoms with Crippen molar-refractivity contribution < 1.29 is 4.74 Å². The van der Waals surface area contributed by atoms with E-state index in [9.17, 15) is 0 Å². The fourth-order valence-electron chi connectivity index (χ4n) is 4.16. The zero-order chi connectivity index (χ0) is 14.3. The number of fused-ring (bicyclic) bond motifs is 1. The first kappa shape index (κ1) is 15.3. The topological polar surface area (TPSA) is 38.5 Å². The van der Waals surface area contributed by atoms with Gasteiger partial charge in [0.1, 0.15) is 0 Å². The molecule has 1 aliphatic heterocycles. The van der Waals surface area contributed by atoms with Crippen molar-refractivity contribution in [2.45, 2.75) is 58.6 Å². The summed E-state index contributed by atoms with van der Waals surface area (Å²) in [7, 11) is 2.22. The average Bonchev–Trinajstić information content (AvgIpc) is 2.38. The largest absolute Gasteiger partial charge is 0.377 e. The molecule has 1 saturated heterocycles. The van der Waals surface area contributed by atoms with Crippen molar-refractivity contribution in [2.24, 2.45) is 23.0 Å². The van der Waals surface area contributed by atoms with Gasteiger partial charge in [-0.05, 0) is 25.8 Å². The summed E-state index contributed by atoms with van der Waals surface area (Å²) in [5.74, 6) is 1.30. The van der Waals surface area contributed by atoms with Gasteiger partial charge in [0.05, 0.1) is 6.10 Å². The second kappa shape index (κ2) is 5.34. The number of likely N-dealkylation sites (N-methyl/N-ethyl adjacent to an activating group) is 1. The second-order valence-corrected chi connectivity index (χ2v) is 7.51. The fourth-order valence-corrected chi connectivity index (χ4v) is 4.16. The zero-order valence-corrected chi connectivity index (χ0v) is 13.4. The minimum absolute atomic E-state index is 0.0830. The first-order valence-corrected chi connectivity index (χ1v) is 7.92. The predicted molar refractivity (Wildman–Crippen MR) is 80.1 cm³/mol. The molecule has 2 fully saturated rings. The number of ether oxygens (including phenoxy) is 1. The van der Waals surface area contributed by atoms with Gasteiger partial charge < -0.3 is 15.4 Å². The number of nitrogens with two attached hydrogens (primary N) is 1. The fraction of sp³-hybridized carbons (Fsp3) is 1.00. The molecule has 0 spiro atoms. The number of hydrogen-bond donors (Lipinski definition) is 1. The zero-order valence-electron chi connectivity index (χ0n) is 13.4. The average molecular weight is 268 g/mol. The van der Waals surface area contributed by atoms with E-state index < -0.39 is 0 Å². The van der Waals surface area contributed by atoms with Crippen molar-refractivity contribution in [3.63, 3.8) is 0 Å². The molecule has 3 nitrogen and oxygen atoms in total. The number of nitrogens with zero attached hydrogens (tertiary/aromatic N) is 1. The summed E-state index contributed by atoms with van der Waals surface area (Å²) in [6.45, 7) is 12.2. The van der Waals surface area contributed by atoms with Crippen molar-refractivity contribution in [2.75, 3.05) is 26.7 Å². The highest BCUT2D eigenvalue weighted by molar-refractivity contribution is 5.20. The van der Waals surface area contributed by atoms with Crippen molar-refractivity contribution in [3.05, 3.63) is 0 Å². The monoisotopic (exact) mass is 268 g/mol. The normalized spacial score (nSPS) is 38.7. The first-order valence-electron chi connectivity index (χ1n) is 7.92. The van der Waals surface area contributed by atoms with Crippen LogP contribution in [-0.2, 0) is 4.74 Å². The van der Waals surface area contributed by atoms with Gasteiger partial charge in [0.15, 0.2) is 0 Å². The van der Waals surface area contributed by atoms with E-state index in [1.54, 1.807) is 0 Å². The van der Waals surface area contributed by atoms with Crippen molar-refractivity contribution >= 4 is 0 Å². The lowest BCUT2D eigenvalue weighted by Gasteiger charge is -2.67. The van der Waals surface area contributed by atoms with Gasteiger partial charge in [-0.2, -0.15) is 0 Å². The Kier molecular flexibility index (Phi) is 4.29. The molecule has 0 aromatic rings. The number of rotatable bonds is 5. The lowest BCUT2D eigenvalue weighted by Crippen LogP contribution is -2.80. The molecule has 0 amide bonds. The Morgan fingerprint density at radius 1 is 1.42 bits per heavy atom. The molecule has 2 N–H and O–H groups in total. The van der Waals surface area contributed by atoms with E-state index in [2.05, 4.69) is 39.6 Å². The van der Waals surface area contributed by atoms with E-state index >= 15 is 0 Å². The highest BCUT2D eigenvalue weighted by Crippen LogP contribution is 2.57. The van der Waals surface area contributed by atoms with Gasteiger partial charge in [-0.1, -0.05) is 34.1 Å². The van der Waals surface area contributed by atoms with Crippen LogP contribution in [-0.4, -0.2) is 43.3 Å². The van der Waals surface area contributed by atoms with E-state index in [0.717, 1.165) is 25.6 Å². The van der Waals surface area contributed by atoms with E-state index in [1.807, 2.05) is 0 Å². The van der Waals surface area contributed by atoms with Gasteiger partial charge in [-0.15, -0.1) is 0 Å². The molecule has 4 atom stereocenters. The van der Waals surface area contributed by atoms with Crippen LogP contribution in [0, 0.1) is 17.3 Å². The van der Waals surface area contributed by atoms with Crippen LogP contribution in [0.4, 0.5) is 0 Å². The van der Waals surface area contributed by atoms with Gasteiger partial charge >= 0.3 is 0 Å². The Labute approximate surface area is 118 Å². The maximum atomic E-state index is 6.83. The van der Waals surface area contributed by atoms with Crippen LogP contribution in [0.25, 0.3) is 0 Å². The molecule has 1 aliphatic carbocycles. The third-order valence-electron chi connectivity index (χ3n) is 5.75. The third kappa shape index (κ3) is 2.45. The van der Waals surface area contributed by atoms with Gasteiger partial charge in [0.2, 0.25) is 0 Å². The highest BCUT2D eigenvalue weighted by Gasteiger charge is 2.66. The molecule has 0 bridgehead atoms. The molecule has 0 radical (unpaired) electrons. The summed E-state index contributed by atoms with van der Waals surface area (Å²) in [6, 6.07) is 0. The van der Waals surface area contributed by atoms with Gasteiger partial charge in [0, 0.05) is 36.6 Å². The molecule has 1 heterocycles. The Morgan fingerprint density at radius 3 is 2.74 bits per heavy atom. The van der Waals surface area contributed by atoms with Gasteiger partial charge in [-0.3, -0.25) is 0 Å². The molecule has 2 rings (SSSR count). The van der Waals surface area contributed by atoms with E-state index in [1.165, 1.54) is 19.3 Å². The predicted octanol–water partition coefficient (Wildman–Crippen LogP) is 2.50. The Hall–Kier alpha value is -0.120. The molecule has 0 aromatic carbocycles. The maximum Gasteiger partial charge on any atom is 0.0690 e. The summed E-state index contributed by atoms with van der Waals surface area (Å²) in [6.07, 6.45) is 4.02. The van der Waals surface area contributed by atoms with Crippen molar-refractivity contribution in [1.29, 1.82) is 0 Å². The SMILES string of the molecule is CCC(C)CN(C)CC1(N)C2CCCOC2C1(C)C. The third-order valence-corrected chi connectivity index (χ3v) is 5.75. The summed E-state index contributed by atoms with van der Waals surface area (Å²) in [4.78, 5) is 2.43. The van der Waals surface area contributed by atoms with E-state index in [-0.39, 0.29) is 11.0 Å². The highest BCUT2D eigenvalue weighted by atomic mass is 16.5. The molecular weight excluding hydrogens is 236 g/mol. The van der Waals surface area contributed by atoms with E-state index in [0.29, 0.717) is 12.0 Å². The van der Waals surface area contributed by atoms with Gasteiger partial charge in [-0.25, -0.2) is 0 Å². The summed E-state index contributed by atoms with van der Waals surface area (Å²) >= 11 is 0. The van der Waals surface area contributed by atoms with Crippen molar-refractivity contribution in [1.82, 2.24) is 4.90 Å². The molecule has 19 heavy (non-hydrogen) atoms. The quantitative estimate of drug-likeness (QED) is 0.832.